The number of hydrogen-bond donors (Lipinski definition) is 1. The van der Waals surface area contributed by atoms with Gasteiger partial charge in [0.1, 0.15) is 5.75 Å². The van der Waals surface area contributed by atoms with E-state index < -0.39 is 10.0 Å². The lowest BCUT2D eigenvalue weighted by Gasteiger charge is -2.24. The Kier molecular flexibility index (Phi) is 6.55. The van der Waals surface area contributed by atoms with Crippen LogP contribution in [0.4, 0.5) is 0 Å². The van der Waals surface area contributed by atoms with Crippen molar-refractivity contribution in [2.45, 2.75) is 31.7 Å². The van der Waals surface area contributed by atoms with E-state index in [2.05, 4.69) is 27.6 Å². The van der Waals surface area contributed by atoms with E-state index in [1.165, 1.54) is 0 Å². The van der Waals surface area contributed by atoms with Crippen LogP contribution in [0.3, 0.4) is 0 Å². The van der Waals surface area contributed by atoms with Crippen molar-refractivity contribution in [3.8, 4) is 5.75 Å². The van der Waals surface area contributed by atoms with Crippen LogP contribution in [-0.2, 0) is 17.1 Å². The molecule has 0 saturated carbocycles. The average molecular weight is 430 g/mol. The summed E-state index contributed by atoms with van der Waals surface area (Å²) in [6.07, 6.45) is 2.08. The number of nitrogens with one attached hydrogen (secondary N) is 1. The quantitative estimate of drug-likeness (QED) is 0.592. The molecule has 30 heavy (non-hydrogen) atoms. The highest BCUT2D eigenvalue weighted by atomic mass is 32.2. The number of ether oxygens (including phenoxy) is 1. The summed E-state index contributed by atoms with van der Waals surface area (Å²) in [5, 5.41) is 1.13. The van der Waals surface area contributed by atoms with Crippen molar-refractivity contribution in [3.05, 3.63) is 59.3 Å². The summed E-state index contributed by atoms with van der Waals surface area (Å²) in [6.45, 7) is 6.47. The summed E-state index contributed by atoms with van der Waals surface area (Å²) in [5.74, 6) is 0.748. The molecule has 6 nitrogen and oxygen atoms in total. The largest absolute Gasteiger partial charge is 0.493 e. The summed E-state index contributed by atoms with van der Waals surface area (Å²) in [6, 6.07) is 11.4. The second-order valence-electron chi connectivity index (χ2n) is 7.86. The fourth-order valence-corrected chi connectivity index (χ4v) is 5.13. The van der Waals surface area contributed by atoms with Gasteiger partial charge in [-0.2, -0.15) is 0 Å². The Hall–Kier alpha value is -2.35. The molecule has 0 fully saturated rings. The molecule has 0 aliphatic carbocycles. The maximum Gasteiger partial charge on any atom is 0.240 e. The van der Waals surface area contributed by atoms with Crippen LogP contribution in [0, 0.1) is 13.8 Å². The third kappa shape index (κ3) is 4.38. The zero-order valence-electron chi connectivity index (χ0n) is 18.6. The lowest BCUT2D eigenvalue weighted by Crippen LogP contribution is -2.34. The van der Waals surface area contributed by atoms with Crippen LogP contribution in [0.5, 0.6) is 5.75 Å². The van der Waals surface area contributed by atoms with Gasteiger partial charge in [0.05, 0.1) is 11.5 Å². The second kappa shape index (κ2) is 8.79. The lowest BCUT2D eigenvalue weighted by atomic mass is 10.1. The fourth-order valence-electron chi connectivity index (χ4n) is 3.92. The van der Waals surface area contributed by atoms with Crippen LogP contribution < -0.4 is 9.46 Å². The zero-order chi connectivity index (χ0) is 22.1. The van der Waals surface area contributed by atoms with Crippen LogP contribution in [0.2, 0.25) is 0 Å². The number of sulfonamides is 1. The molecule has 0 bridgehead atoms. The van der Waals surface area contributed by atoms with Crippen LogP contribution in [0.1, 0.15) is 29.7 Å². The SMILES string of the molecule is CCOc1c(C)cc(S(=O)(=O)NCC(c2cn(C)c3ccccc23)N(C)C)cc1C. The second-order valence-corrected chi connectivity index (χ2v) is 9.63. The summed E-state index contributed by atoms with van der Waals surface area (Å²) in [7, 11) is 2.28. The molecule has 7 heteroatoms. The monoisotopic (exact) mass is 429 g/mol. The van der Waals surface area contributed by atoms with Crippen LogP contribution in [0.15, 0.2) is 47.5 Å². The first kappa shape index (κ1) is 22.3. The van der Waals surface area contributed by atoms with Crippen molar-refractivity contribution in [1.82, 2.24) is 14.2 Å². The summed E-state index contributed by atoms with van der Waals surface area (Å²) in [5.41, 5.74) is 3.85. The Balaban J connectivity index is 1.89. The summed E-state index contributed by atoms with van der Waals surface area (Å²) >= 11 is 0. The zero-order valence-corrected chi connectivity index (χ0v) is 19.4. The molecule has 162 valence electrons. The van der Waals surface area contributed by atoms with Gasteiger partial charge in [-0.3, -0.25) is 0 Å². The maximum atomic E-state index is 13.1. The van der Waals surface area contributed by atoms with Gasteiger partial charge in [-0.1, -0.05) is 18.2 Å². The van der Waals surface area contributed by atoms with E-state index in [0.717, 1.165) is 33.3 Å². The number of nitrogens with zero attached hydrogens (tertiary/aromatic N) is 2. The number of hydrogen-bond acceptors (Lipinski definition) is 4. The molecular weight excluding hydrogens is 398 g/mol. The van der Waals surface area contributed by atoms with E-state index in [1.54, 1.807) is 12.1 Å². The number of fused-ring (bicyclic) bond motifs is 1. The molecule has 0 radical (unpaired) electrons. The van der Waals surface area contributed by atoms with Gasteiger partial charge in [0.2, 0.25) is 10.0 Å². The molecule has 3 aromatic rings. The van der Waals surface area contributed by atoms with Gasteiger partial charge in [0, 0.05) is 36.7 Å². The minimum atomic E-state index is -3.66. The minimum Gasteiger partial charge on any atom is -0.493 e. The van der Waals surface area contributed by atoms with Gasteiger partial charge in [0.25, 0.3) is 0 Å². The molecule has 0 aliphatic heterocycles. The van der Waals surface area contributed by atoms with Gasteiger partial charge in [-0.25, -0.2) is 13.1 Å². The topological polar surface area (TPSA) is 63.6 Å². The van der Waals surface area contributed by atoms with Crippen molar-refractivity contribution < 1.29 is 13.2 Å². The third-order valence-corrected chi connectivity index (χ3v) is 6.81. The van der Waals surface area contributed by atoms with Gasteiger partial charge in [0.15, 0.2) is 0 Å². The van der Waals surface area contributed by atoms with E-state index >= 15 is 0 Å². The molecule has 1 aromatic heterocycles. The van der Waals surface area contributed by atoms with Crippen LogP contribution in [-0.4, -0.2) is 45.1 Å². The molecule has 0 amide bonds. The van der Waals surface area contributed by atoms with Gasteiger partial charge in [-0.05, 0) is 69.8 Å². The molecule has 2 aromatic carbocycles. The molecule has 0 spiro atoms. The summed E-state index contributed by atoms with van der Waals surface area (Å²) < 4.78 is 36.6. The highest BCUT2D eigenvalue weighted by molar-refractivity contribution is 7.89. The number of aromatic nitrogens is 1. The third-order valence-electron chi connectivity index (χ3n) is 5.41. The Morgan fingerprint density at radius 1 is 1.13 bits per heavy atom. The first-order valence-corrected chi connectivity index (χ1v) is 11.6. The summed E-state index contributed by atoms with van der Waals surface area (Å²) in [4.78, 5) is 2.30. The van der Waals surface area contributed by atoms with Gasteiger partial charge >= 0.3 is 0 Å². The average Bonchev–Trinajstić information content (AvgIpc) is 3.01. The van der Waals surface area contributed by atoms with Crippen molar-refractivity contribution in [1.29, 1.82) is 0 Å². The van der Waals surface area contributed by atoms with Crippen LogP contribution >= 0.6 is 0 Å². The highest BCUT2D eigenvalue weighted by Crippen LogP contribution is 2.30. The Labute approximate surface area is 179 Å². The Bertz CT molecular complexity index is 1130. The predicted octanol–water partition coefficient (Wildman–Crippen LogP) is 3.78. The van der Waals surface area contributed by atoms with Crippen molar-refractivity contribution in [3.63, 3.8) is 0 Å². The van der Waals surface area contributed by atoms with E-state index in [4.69, 9.17) is 4.74 Å². The maximum absolute atomic E-state index is 13.1. The Morgan fingerprint density at radius 3 is 2.37 bits per heavy atom. The molecular formula is C23H31N3O3S. The van der Waals surface area contributed by atoms with Crippen LogP contribution in [0.25, 0.3) is 10.9 Å². The molecule has 1 N–H and O–H groups in total. The number of benzene rings is 2. The number of para-hydroxylation sites is 1. The van der Waals surface area contributed by atoms with E-state index in [1.807, 2.05) is 58.9 Å². The first-order chi connectivity index (χ1) is 14.2. The molecule has 1 heterocycles. The molecule has 0 aliphatic rings. The molecule has 0 saturated heterocycles. The number of rotatable bonds is 8. The van der Waals surface area contributed by atoms with Crippen molar-refractivity contribution >= 4 is 20.9 Å². The van der Waals surface area contributed by atoms with E-state index in [-0.39, 0.29) is 17.5 Å². The minimum absolute atomic E-state index is 0.101. The molecule has 3 rings (SSSR count). The highest BCUT2D eigenvalue weighted by Gasteiger charge is 2.23. The molecule has 1 unspecified atom stereocenters. The van der Waals surface area contributed by atoms with Gasteiger partial charge < -0.3 is 14.2 Å². The fraction of sp³-hybridized carbons (Fsp3) is 0.391. The molecule has 1 atom stereocenters. The Morgan fingerprint density at radius 2 is 1.77 bits per heavy atom. The standard InChI is InChI=1S/C23H31N3O3S/c1-7-29-23-16(2)12-18(13-17(23)3)30(27,28)24-14-22(25(4)5)20-15-26(6)21-11-9-8-10-19(20)21/h8-13,15,22,24H,7,14H2,1-6H3. The van der Waals surface area contributed by atoms with E-state index in [9.17, 15) is 8.42 Å². The number of likely N-dealkylation sites (N-methyl/N-ethyl adjacent to an activating group) is 1. The lowest BCUT2D eigenvalue weighted by molar-refractivity contribution is 0.301. The van der Waals surface area contributed by atoms with Gasteiger partial charge in [-0.15, -0.1) is 0 Å². The van der Waals surface area contributed by atoms with E-state index in [0.29, 0.717) is 6.61 Å². The number of aryl methyl sites for hydroxylation is 3. The smallest absolute Gasteiger partial charge is 0.240 e. The van der Waals surface area contributed by atoms with Crippen molar-refractivity contribution in [2.75, 3.05) is 27.2 Å². The first-order valence-electron chi connectivity index (χ1n) is 10.1. The predicted molar refractivity (Wildman–Crippen MR) is 122 cm³/mol. The van der Waals surface area contributed by atoms with Crippen molar-refractivity contribution in [2.24, 2.45) is 7.05 Å². The normalized spacial score (nSPS) is 13.2.